The second-order valence-corrected chi connectivity index (χ2v) is 4.15. The molecule has 4 heteroatoms. The average Bonchev–Trinajstić information content (AvgIpc) is 2.45. The van der Waals surface area contributed by atoms with E-state index in [2.05, 4.69) is 42.5 Å². The molecule has 4 nitrogen and oxygen atoms in total. The van der Waals surface area contributed by atoms with Crippen LogP contribution in [-0.4, -0.2) is 21.9 Å². The Labute approximate surface area is 78.2 Å². The van der Waals surface area contributed by atoms with Crippen molar-refractivity contribution >= 4 is 6.34 Å². The Bertz CT molecular complexity index is 295. The van der Waals surface area contributed by atoms with Crippen LogP contribution in [0.25, 0.3) is 0 Å². The van der Waals surface area contributed by atoms with Gasteiger partial charge in [0.05, 0.1) is 5.70 Å². The van der Waals surface area contributed by atoms with Gasteiger partial charge in [-0.2, -0.15) is 0 Å². The molecule has 2 rings (SSSR count). The number of allylic oxidation sites excluding steroid dienone is 1. The molecule has 0 saturated heterocycles. The van der Waals surface area contributed by atoms with Crippen LogP contribution in [0.3, 0.4) is 0 Å². The Hall–Kier alpha value is -1.29. The summed E-state index contributed by atoms with van der Waals surface area (Å²) in [4.78, 5) is 4.03. The maximum absolute atomic E-state index is 4.03. The summed E-state index contributed by atoms with van der Waals surface area (Å²) < 4.78 is 0. The fourth-order valence-electron chi connectivity index (χ4n) is 1.18. The van der Waals surface area contributed by atoms with E-state index in [0.717, 1.165) is 5.70 Å². The lowest BCUT2D eigenvalue weighted by Crippen LogP contribution is -2.48. The molecular weight excluding hydrogens is 164 g/mol. The minimum atomic E-state index is 0.0754. The normalized spacial score (nSPS) is 20.7. The first-order chi connectivity index (χ1) is 6.07. The van der Waals surface area contributed by atoms with E-state index in [1.54, 1.807) is 12.5 Å². The Kier molecular flexibility index (Phi) is 1.66. The standard InChI is InChI=1S/C9H14N4/c1-9(2,3)13-6-8-4-5-10-7-12(8)11-13/h4-7,11H,1-3H3. The molecule has 1 N–H and O–H groups in total. The van der Waals surface area contributed by atoms with E-state index in [-0.39, 0.29) is 5.54 Å². The van der Waals surface area contributed by atoms with Gasteiger partial charge in [-0.3, -0.25) is 5.01 Å². The third-order valence-corrected chi connectivity index (χ3v) is 1.99. The molecule has 2 aliphatic heterocycles. The highest BCUT2D eigenvalue weighted by molar-refractivity contribution is 5.62. The SMILES string of the molecule is CC(C)(C)N1C=C2C=CN=CN2N1. The molecule has 0 radical (unpaired) electrons. The van der Waals surface area contributed by atoms with E-state index in [0.29, 0.717) is 0 Å². The molecule has 0 atom stereocenters. The van der Waals surface area contributed by atoms with Crippen LogP contribution in [-0.2, 0) is 0 Å². The fraction of sp³-hybridized carbons (Fsp3) is 0.444. The van der Waals surface area contributed by atoms with Crippen LogP contribution in [0.5, 0.6) is 0 Å². The molecule has 0 amide bonds. The lowest BCUT2D eigenvalue weighted by molar-refractivity contribution is 0.0954. The molecule has 0 saturated carbocycles. The Balaban J connectivity index is 2.21. The molecule has 0 spiro atoms. The van der Waals surface area contributed by atoms with Crippen LogP contribution in [0.15, 0.2) is 29.2 Å². The van der Waals surface area contributed by atoms with Crippen molar-refractivity contribution in [3.05, 3.63) is 24.2 Å². The molecule has 70 valence electrons. The monoisotopic (exact) mass is 178 g/mol. The zero-order chi connectivity index (χ0) is 9.47. The number of hydrogen-bond donors (Lipinski definition) is 1. The van der Waals surface area contributed by atoms with Gasteiger partial charge in [-0.25, -0.2) is 10.0 Å². The third kappa shape index (κ3) is 1.45. The molecule has 13 heavy (non-hydrogen) atoms. The largest absolute Gasteiger partial charge is 0.290 e. The summed E-state index contributed by atoms with van der Waals surface area (Å²) in [5.74, 6) is 0. The Morgan fingerprint density at radius 3 is 2.77 bits per heavy atom. The molecule has 0 fully saturated rings. The molecule has 0 aromatic rings. The van der Waals surface area contributed by atoms with Crippen molar-refractivity contribution in [2.24, 2.45) is 4.99 Å². The first-order valence-corrected chi connectivity index (χ1v) is 4.34. The molecule has 0 bridgehead atoms. The lowest BCUT2D eigenvalue weighted by atomic mass is 10.1. The summed E-state index contributed by atoms with van der Waals surface area (Å²) in [5, 5.41) is 3.95. The van der Waals surface area contributed by atoms with Gasteiger partial charge >= 0.3 is 0 Å². The molecule has 2 heterocycles. The molecule has 0 aromatic heterocycles. The topological polar surface area (TPSA) is 30.9 Å². The van der Waals surface area contributed by atoms with E-state index in [1.165, 1.54) is 0 Å². The molecule has 2 aliphatic rings. The Morgan fingerprint density at radius 2 is 2.15 bits per heavy atom. The smallest absolute Gasteiger partial charge is 0.112 e. The van der Waals surface area contributed by atoms with Crippen molar-refractivity contribution in [1.29, 1.82) is 0 Å². The van der Waals surface area contributed by atoms with Gasteiger partial charge in [0.15, 0.2) is 0 Å². The van der Waals surface area contributed by atoms with Gasteiger partial charge in [-0.1, -0.05) is 0 Å². The summed E-state index contributed by atoms with van der Waals surface area (Å²) in [6.45, 7) is 6.45. The van der Waals surface area contributed by atoms with Crippen LogP contribution in [0.2, 0.25) is 0 Å². The predicted octanol–water partition coefficient (Wildman–Crippen LogP) is 1.22. The highest BCUT2D eigenvalue weighted by atomic mass is 15.8. The van der Waals surface area contributed by atoms with Gasteiger partial charge in [0.1, 0.15) is 6.34 Å². The van der Waals surface area contributed by atoms with Crippen molar-refractivity contribution in [1.82, 2.24) is 15.6 Å². The van der Waals surface area contributed by atoms with Crippen molar-refractivity contribution in [2.75, 3.05) is 0 Å². The van der Waals surface area contributed by atoms with Gasteiger partial charge in [0, 0.05) is 17.9 Å². The third-order valence-electron chi connectivity index (χ3n) is 1.99. The molecule has 0 aromatic carbocycles. The maximum atomic E-state index is 4.03. The summed E-state index contributed by atoms with van der Waals surface area (Å²) in [7, 11) is 0. The van der Waals surface area contributed by atoms with E-state index >= 15 is 0 Å². The number of nitrogens with zero attached hydrogens (tertiary/aromatic N) is 3. The molecule has 0 aliphatic carbocycles. The van der Waals surface area contributed by atoms with Gasteiger partial charge in [-0.05, 0) is 26.8 Å². The van der Waals surface area contributed by atoms with Crippen molar-refractivity contribution < 1.29 is 0 Å². The van der Waals surface area contributed by atoms with Gasteiger partial charge in [-0.15, -0.1) is 5.53 Å². The summed E-state index contributed by atoms with van der Waals surface area (Å²) in [6.07, 6.45) is 7.59. The number of nitrogens with one attached hydrogen (secondary N) is 1. The highest BCUT2D eigenvalue weighted by Gasteiger charge is 2.26. The summed E-state index contributed by atoms with van der Waals surface area (Å²) >= 11 is 0. The summed E-state index contributed by atoms with van der Waals surface area (Å²) in [6, 6.07) is 0. The van der Waals surface area contributed by atoms with Crippen LogP contribution in [0, 0.1) is 0 Å². The maximum Gasteiger partial charge on any atom is 0.112 e. The zero-order valence-corrected chi connectivity index (χ0v) is 8.15. The minimum Gasteiger partial charge on any atom is -0.290 e. The quantitative estimate of drug-likeness (QED) is 0.605. The van der Waals surface area contributed by atoms with E-state index < -0.39 is 0 Å². The first kappa shape index (κ1) is 8.31. The number of hydrazine groups is 2. The highest BCUT2D eigenvalue weighted by Crippen LogP contribution is 2.20. The predicted molar refractivity (Wildman–Crippen MR) is 52.3 cm³/mol. The summed E-state index contributed by atoms with van der Waals surface area (Å²) in [5.41, 5.74) is 4.40. The lowest BCUT2D eigenvalue weighted by Gasteiger charge is -2.32. The van der Waals surface area contributed by atoms with Crippen LogP contribution in [0.4, 0.5) is 0 Å². The number of fused-ring (bicyclic) bond motifs is 1. The fourth-order valence-corrected chi connectivity index (χ4v) is 1.18. The second kappa shape index (κ2) is 2.60. The van der Waals surface area contributed by atoms with Gasteiger partial charge in [0.25, 0.3) is 0 Å². The number of rotatable bonds is 0. The van der Waals surface area contributed by atoms with Crippen molar-refractivity contribution in [2.45, 2.75) is 26.3 Å². The second-order valence-electron chi connectivity index (χ2n) is 4.15. The van der Waals surface area contributed by atoms with Gasteiger partial charge in [0.2, 0.25) is 0 Å². The average molecular weight is 178 g/mol. The number of aliphatic imine (C=N–C) groups is 1. The van der Waals surface area contributed by atoms with E-state index in [4.69, 9.17) is 0 Å². The van der Waals surface area contributed by atoms with Crippen molar-refractivity contribution in [3.8, 4) is 0 Å². The van der Waals surface area contributed by atoms with E-state index in [1.807, 2.05) is 11.1 Å². The molecular formula is C9H14N4. The van der Waals surface area contributed by atoms with E-state index in [9.17, 15) is 0 Å². The van der Waals surface area contributed by atoms with Gasteiger partial charge < -0.3 is 0 Å². The van der Waals surface area contributed by atoms with Crippen LogP contribution in [0.1, 0.15) is 20.8 Å². The first-order valence-electron chi connectivity index (χ1n) is 4.34. The zero-order valence-electron chi connectivity index (χ0n) is 8.15. The van der Waals surface area contributed by atoms with Crippen LogP contribution < -0.4 is 5.53 Å². The van der Waals surface area contributed by atoms with Crippen molar-refractivity contribution in [3.63, 3.8) is 0 Å². The Morgan fingerprint density at radius 1 is 1.38 bits per heavy atom. The molecule has 0 unspecified atom stereocenters. The van der Waals surface area contributed by atoms with Crippen LogP contribution >= 0.6 is 0 Å². The minimum absolute atomic E-state index is 0.0754. The number of hydrogen-bond acceptors (Lipinski definition) is 4.